The molecule has 2 aromatic carbocycles. The number of hydrogen-bond acceptors (Lipinski definition) is 5. The van der Waals surface area contributed by atoms with E-state index in [0.717, 1.165) is 11.5 Å². The van der Waals surface area contributed by atoms with Crippen molar-refractivity contribution < 1.29 is 23.8 Å². The van der Waals surface area contributed by atoms with E-state index in [2.05, 4.69) is 0 Å². The van der Waals surface area contributed by atoms with Crippen LogP contribution in [-0.2, 0) is 4.79 Å². The number of amides is 1. The van der Waals surface area contributed by atoms with E-state index in [4.69, 9.17) is 14.2 Å². The van der Waals surface area contributed by atoms with Gasteiger partial charge in [-0.15, -0.1) is 0 Å². The van der Waals surface area contributed by atoms with Gasteiger partial charge in [0.25, 0.3) is 0 Å². The van der Waals surface area contributed by atoms with Gasteiger partial charge in [0, 0.05) is 25.5 Å². The number of Topliss-reactive ketones (excluding diaryl/α,β-unsaturated/α-hetero) is 1. The highest BCUT2D eigenvalue weighted by molar-refractivity contribution is 5.98. The van der Waals surface area contributed by atoms with Gasteiger partial charge >= 0.3 is 0 Å². The molecule has 0 atom stereocenters. The molecule has 0 aliphatic rings. The minimum absolute atomic E-state index is 0.0562. The summed E-state index contributed by atoms with van der Waals surface area (Å²) in [4.78, 5) is 26.0. The van der Waals surface area contributed by atoms with E-state index in [1.807, 2.05) is 31.2 Å². The number of nitrogens with zero attached hydrogens (tertiary/aromatic N) is 1. The Hall–Kier alpha value is -3.02. The molecule has 6 nitrogen and oxygen atoms in total. The molecule has 2 aromatic rings. The summed E-state index contributed by atoms with van der Waals surface area (Å²) in [5.74, 6) is 2.06. The lowest BCUT2D eigenvalue weighted by Crippen LogP contribution is -2.31. The van der Waals surface area contributed by atoms with Crippen LogP contribution in [-0.4, -0.2) is 50.5 Å². The molecule has 0 radical (unpaired) electrons. The smallest absolute Gasteiger partial charge is 0.222 e. The van der Waals surface area contributed by atoms with Gasteiger partial charge in [-0.2, -0.15) is 0 Å². The first-order valence-electron chi connectivity index (χ1n) is 9.30. The number of ether oxygens (including phenoxy) is 3. The van der Waals surface area contributed by atoms with Crippen LogP contribution < -0.4 is 14.2 Å². The molecule has 0 saturated heterocycles. The molecule has 28 heavy (non-hydrogen) atoms. The van der Waals surface area contributed by atoms with Crippen molar-refractivity contribution in [3.05, 3.63) is 54.1 Å². The van der Waals surface area contributed by atoms with E-state index < -0.39 is 0 Å². The maximum atomic E-state index is 12.2. The first-order valence-corrected chi connectivity index (χ1v) is 9.30. The van der Waals surface area contributed by atoms with Crippen molar-refractivity contribution in [1.29, 1.82) is 0 Å². The molecule has 6 heteroatoms. The van der Waals surface area contributed by atoms with E-state index in [-0.39, 0.29) is 24.5 Å². The van der Waals surface area contributed by atoms with Crippen LogP contribution in [0.3, 0.4) is 0 Å². The first-order chi connectivity index (χ1) is 13.5. The summed E-state index contributed by atoms with van der Waals surface area (Å²) in [6, 6.07) is 14.2. The van der Waals surface area contributed by atoms with E-state index in [0.29, 0.717) is 31.1 Å². The Morgan fingerprint density at radius 1 is 0.857 bits per heavy atom. The van der Waals surface area contributed by atoms with E-state index in [1.165, 1.54) is 0 Å². The van der Waals surface area contributed by atoms with Crippen LogP contribution in [0.2, 0.25) is 0 Å². The minimum Gasteiger partial charge on any atom is -0.497 e. The summed E-state index contributed by atoms with van der Waals surface area (Å²) in [7, 11) is 3.32. The third kappa shape index (κ3) is 6.61. The molecule has 1 amide bonds. The first kappa shape index (κ1) is 21.3. The number of methoxy groups -OCH3 is 1. The highest BCUT2D eigenvalue weighted by Gasteiger charge is 2.13. The summed E-state index contributed by atoms with van der Waals surface area (Å²) in [6.45, 7) is 3.31. The SMILES string of the molecule is CCOc1ccc(C(=O)CCC(=O)N(C)CCOc2ccc(OC)cc2)cc1. The van der Waals surface area contributed by atoms with Crippen molar-refractivity contribution in [2.24, 2.45) is 0 Å². The maximum absolute atomic E-state index is 12.2. The van der Waals surface area contributed by atoms with E-state index in [9.17, 15) is 9.59 Å². The van der Waals surface area contributed by atoms with Crippen LogP contribution in [0, 0.1) is 0 Å². The summed E-state index contributed by atoms with van der Waals surface area (Å²) in [5, 5.41) is 0. The fourth-order valence-electron chi connectivity index (χ4n) is 2.56. The highest BCUT2D eigenvalue weighted by atomic mass is 16.5. The summed E-state index contributed by atoms with van der Waals surface area (Å²) >= 11 is 0. The van der Waals surface area contributed by atoms with Gasteiger partial charge < -0.3 is 19.1 Å². The molecule has 0 fully saturated rings. The predicted octanol–water partition coefficient (Wildman–Crippen LogP) is 3.59. The molecule has 0 aromatic heterocycles. The Morgan fingerprint density at radius 2 is 1.43 bits per heavy atom. The maximum Gasteiger partial charge on any atom is 0.222 e. The second-order valence-electron chi connectivity index (χ2n) is 6.22. The highest BCUT2D eigenvalue weighted by Crippen LogP contribution is 2.17. The van der Waals surface area contributed by atoms with Gasteiger partial charge in [0.2, 0.25) is 5.91 Å². The van der Waals surface area contributed by atoms with Crippen LogP contribution in [0.4, 0.5) is 0 Å². The molecule has 0 unspecified atom stereocenters. The Balaban J connectivity index is 1.71. The molecule has 0 spiro atoms. The minimum atomic E-state index is -0.0855. The molecule has 0 aliphatic carbocycles. The zero-order chi connectivity index (χ0) is 20.4. The summed E-state index contributed by atoms with van der Waals surface area (Å²) in [6.07, 6.45) is 0.349. The van der Waals surface area contributed by atoms with Crippen molar-refractivity contribution in [3.63, 3.8) is 0 Å². The van der Waals surface area contributed by atoms with E-state index in [1.54, 1.807) is 43.3 Å². The second-order valence-corrected chi connectivity index (χ2v) is 6.22. The van der Waals surface area contributed by atoms with Crippen molar-refractivity contribution in [3.8, 4) is 17.2 Å². The van der Waals surface area contributed by atoms with Crippen LogP contribution in [0.25, 0.3) is 0 Å². The predicted molar refractivity (Wildman–Crippen MR) is 107 cm³/mol. The van der Waals surface area contributed by atoms with Crippen LogP contribution in [0.15, 0.2) is 48.5 Å². The number of likely N-dealkylation sites (N-methyl/N-ethyl adjacent to an activating group) is 1. The third-order valence-corrected chi connectivity index (χ3v) is 4.23. The quantitative estimate of drug-likeness (QED) is 0.553. The molecule has 2 rings (SSSR count). The lowest BCUT2D eigenvalue weighted by molar-refractivity contribution is -0.130. The van der Waals surface area contributed by atoms with Gasteiger partial charge in [-0.3, -0.25) is 9.59 Å². The monoisotopic (exact) mass is 385 g/mol. The van der Waals surface area contributed by atoms with Crippen LogP contribution >= 0.6 is 0 Å². The Morgan fingerprint density at radius 3 is 2.04 bits per heavy atom. The third-order valence-electron chi connectivity index (χ3n) is 4.23. The Bertz CT molecular complexity index is 756. The molecule has 0 saturated carbocycles. The number of carbonyl (C=O) groups is 2. The number of hydrogen-bond donors (Lipinski definition) is 0. The molecule has 150 valence electrons. The fraction of sp³-hybridized carbons (Fsp3) is 0.364. The molecular weight excluding hydrogens is 358 g/mol. The molecule has 0 bridgehead atoms. The lowest BCUT2D eigenvalue weighted by atomic mass is 10.1. The molecular formula is C22H27NO5. The van der Waals surface area contributed by atoms with Crippen LogP contribution in [0.5, 0.6) is 17.2 Å². The molecule has 0 aliphatic heterocycles. The van der Waals surface area contributed by atoms with Crippen molar-refractivity contribution in [2.45, 2.75) is 19.8 Å². The number of carbonyl (C=O) groups excluding carboxylic acids is 2. The van der Waals surface area contributed by atoms with Crippen molar-refractivity contribution in [1.82, 2.24) is 4.90 Å². The largest absolute Gasteiger partial charge is 0.497 e. The van der Waals surface area contributed by atoms with Crippen molar-refractivity contribution in [2.75, 3.05) is 33.9 Å². The normalized spacial score (nSPS) is 10.2. The fourth-order valence-corrected chi connectivity index (χ4v) is 2.56. The summed E-state index contributed by atoms with van der Waals surface area (Å²) < 4.78 is 16.1. The average molecular weight is 385 g/mol. The second kappa shape index (κ2) is 11.0. The van der Waals surface area contributed by atoms with Gasteiger partial charge in [-0.1, -0.05) is 0 Å². The zero-order valence-electron chi connectivity index (χ0n) is 16.6. The van der Waals surface area contributed by atoms with Crippen LogP contribution in [0.1, 0.15) is 30.1 Å². The average Bonchev–Trinajstić information content (AvgIpc) is 2.73. The van der Waals surface area contributed by atoms with Gasteiger partial charge in [-0.25, -0.2) is 0 Å². The van der Waals surface area contributed by atoms with Crippen molar-refractivity contribution >= 4 is 11.7 Å². The number of benzene rings is 2. The molecule has 0 N–H and O–H groups in total. The number of ketones is 1. The zero-order valence-corrected chi connectivity index (χ0v) is 16.6. The lowest BCUT2D eigenvalue weighted by Gasteiger charge is -2.17. The topological polar surface area (TPSA) is 65.1 Å². The standard InChI is InChI=1S/C22H27NO5/c1-4-27-19-7-5-17(6-8-19)21(24)13-14-22(25)23(2)15-16-28-20-11-9-18(26-3)10-12-20/h5-12H,4,13-16H2,1-3H3. The molecule has 0 heterocycles. The Labute approximate surface area is 166 Å². The Kier molecular flexibility index (Phi) is 8.34. The summed E-state index contributed by atoms with van der Waals surface area (Å²) in [5.41, 5.74) is 0.585. The van der Waals surface area contributed by atoms with Gasteiger partial charge in [0.15, 0.2) is 5.78 Å². The van der Waals surface area contributed by atoms with Gasteiger partial charge in [0.1, 0.15) is 23.9 Å². The number of rotatable bonds is 11. The van der Waals surface area contributed by atoms with E-state index >= 15 is 0 Å². The van der Waals surface area contributed by atoms with Gasteiger partial charge in [0.05, 0.1) is 20.3 Å². The van der Waals surface area contributed by atoms with Gasteiger partial charge in [-0.05, 0) is 55.5 Å².